The van der Waals surface area contributed by atoms with Crippen molar-refractivity contribution in [2.24, 2.45) is 11.8 Å². The SMILES string of the molecule is CC[C@H](C)C/C=C\[C@@H](C)CCC=O. The van der Waals surface area contributed by atoms with Crippen molar-refractivity contribution in [3.63, 3.8) is 0 Å². The van der Waals surface area contributed by atoms with Crippen molar-refractivity contribution in [3.05, 3.63) is 12.2 Å². The van der Waals surface area contributed by atoms with E-state index in [0.717, 1.165) is 18.6 Å². The first-order chi connectivity index (χ1) is 6.20. The summed E-state index contributed by atoms with van der Waals surface area (Å²) in [6, 6.07) is 0. The van der Waals surface area contributed by atoms with E-state index >= 15 is 0 Å². The second kappa shape index (κ2) is 8.03. The lowest BCUT2D eigenvalue weighted by molar-refractivity contribution is -0.108. The monoisotopic (exact) mass is 182 g/mol. The number of carbonyl (C=O) groups excluding carboxylic acids is 1. The molecule has 13 heavy (non-hydrogen) atoms. The third kappa shape index (κ3) is 7.76. The molecule has 0 saturated heterocycles. The number of aldehydes is 1. The van der Waals surface area contributed by atoms with Crippen LogP contribution in [0.5, 0.6) is 0 Å². The molecular weight excluding hydrogens is 160 g/mol. The molecule has 0 aromatic carbocycles. The van der Waals surface area contributed by atoms with Crippen molar-refractivity contribution in [2.45, 2.75) is 46.5 Å². The van der Waals surface area contributed by atoms with Gasteiger partial charge in [0.1, 0.15) is 6.29 Å². The van der Waals surface area contributed by atoms with Gasteiger partial charge in [-0.3, -0.25) is 0 Å². The molecule has 0 bridgehead atoms. The van der Waals surface area contributed by atoms with Gasteiger partial charge in [0.15, 0.2) is 0 Å². The Bertz CT molecular complexity index is 149. The second-order valence-corrected chi connectivity index (χ2v) is 3.90. The minimum atomic E-state index is 0.550. The van der Waals surface area contributed by atoms with Crippen molar-refractivity contribution in [1.82, 2.24) is 0 Å². The Hall–Kier alpha value is -0.590. The summed E-state index contributed by atoms with van der Waals surface area (Å²) < 4.78 is 0. The molecule has 0 fully saturated rings. The second-order valence-electron chi connectivity index (χ2n) is 3.90. The Labute approximate surface area is 82.2 Å². The molecule has 0 amide bonds. The van der Waals surface area contributed by atoms with Crippen LogP contribution in [0.1, 0.15) is 46.5 Å². The van der Waals surface area contributed by atoms with Crippen molar-refractivity contribution in [3.8, 4) is 0 Å². The maximum Gasteiger partial charge on any atom is 0.120 e. The van der Waals surface area contributed by atoms with Gasteiger partial charge in [0.25, 0.3) is 0 Å². The van der Waals surface area contributed by atoms with E-state index in [2.05, 4.69) is 32.9 Å². The largest absolute Gasteiger partial charge is 0.303 e. The molecule has 0 aliphatic rings. The van der Waals surface area contributed by atoms with Gasteiger partial charge in [0.2, 0.25) is 0 Å². The highest BCUT2D eigenvalue weighted by molar-refractivity contribution is 5.49. The Morgan fingerprint density at radius 3 is 2.54 bits per heavy atom. The van der Waals surface area contributed by atoms with Crippen molar-refractivity contribution < 1.29 is 4.79 Å². The van der Waals surface area contributed by atoms with Crippen molar-refractivity contribution in [2.75, 3.05) is 0 Å². The average molecular weight is 182 g/mol. The van der Waals surface area contributed by atoms with Crippen LogP contribution in [-0.4, -0.2) is 6.29 Å². The molecule has 0 radical (unpaired) electrons. The first-order valence-corrected chi connectivity index (χ1v) is 5.31. The lowest BCUT2D eigenvalue weighted by Gasteiger charge is -2.05. The van der Waals surface area contributed by atoms with E-state index in [1.807, 2.05) is 0 Å². The smallest absolute Gasteiger partial charge is 0.120 e. The van der Waals surface area contributed by atoms with Crippen LogP contribution in [0.15, 0.2) is 12.2 Å². The zero-order valence-electron chi connectivity index (χ0n) is 9.12. The fourth-order valence-corrected chi connectivity index (χ4v) is 1.14. The maximum atomic E-state index is 10.1. The van der Waals surface area contributed by atoms with E-state index in [-0.39, 0.29) is 0 Å². The molecule has 0 N–H and O–H groups in total. The molecule has 0 aromatic heterocycles. The standard InChI is InChI=1S/C12H22O/c1-4-11(2)7-5-8-12(3)9-6-10-13/h5,8,10-12H,4,6-7,9H2,1-3H3/b8-5-/t11-,12+/m0/s1. The van der Waals surface area contributed by atoms with Crippen LogP contribution in [0.3, 0.4) is 0 Å². The molecule has 0 heterocycles. The zero-order valence-corrected chi connectivity index (χ0v) is 9.12. The van der Waals surface area contributed by atoms with E-state index in [1.54, 1.807) is 0 Å². The zero-order chi connectivity index (χ0) is 10.1. The van der Waals surface area contributed by atoms with Crippen LogP contribution in [0.25, 0.3) is 0 Å². The minimum Gasteiger partial charge on any atom is -0.303 e. The predicted octanol–water partition coefficient (Wildman–Crippen LogP) is 3.59. The Balaban J connectivity index is 3.52. The summed E-state index contributed by atoms with van der Waals surface area (Å²) in [5.41, 5.74) is 0. The number of carbonyl (C=O) groups is 1. The van der Waals surface area contributed by atoms with Crippen molar-refractivity contribution >= 4 is 6.29 Å². The summed E-state index contributed by atoms with van der Waals surface area (Å²) in [6.45, 7) is 6.64. The summed E-state index contributed by atoms with van der Waals surface area (Å²) >= 11 is 0. The molecule has 2 atom stereocenters. The summed E-state index contributed by atoms with van der Waals surface area (Å²) in [5.74, 6) is 1.34. The molecule has 0 rings (SSSR count). The minimum absolute atomic E-state index is 0.550. The number of hydrogen-bond donors (Lipinski definition) is 0. The van der Waals surface area contributed by atoms with Crippen LogP contribution in [0, 0.1) is 11.8 Å². The van der Waals surface area contributed by atoms with E-state index < -0.39 is 0 Å². The highest BCUT2D eigenvalue weighted by Crippen LogP contribution is 2.10. The molecule has 0 saturated carbocycles. The summed E-state index contributed by atoms with van der Waals surface area (Å²) in [4.78, 5) is 10.1. The molecule has 1 nitrogen and oxygen atoms in total. The van der Waals surface area contributed by atoms with Crippen LogP contribution >= 0.6 is 0 Å². The van der Waals surface area contributed by atoms with E-state index in [4.69, 9.17) is 0 Å². The Kier molecular flexibility index (Phi) is 7.66. The number of hydrogen-bond acceptors (Lipinski definition) is 1. The molecule has 0 unspecified atom stereocenters. The van der Waals surface area contributed by atoms with Gasteiger partial charge in [-0.25, -0.2) is 0 Å². The lowest BCUT2D eigenvalue weighted by atomic mass is 10.0. The van der Waals surface area contributed by atoms with Crippen LogP contribution in [0.2, 0.25) is 0 Å². The van der Waals surface area contributed by atoms with Gasteiger partial charge < -0.3 is 4.79 Å². The summed E-state index contributed by atoms with van der Waals surface area (Å²) in [6.07, 6.45) is 9.57. The van der Waals surface area contributed by atoms with Gasteiger partial charge in [0.05, 0.1) is 0 Å². The van der Waals surface area contributed by atoms with Gasteiger partial charge in [-0.1, -0.05) is 39.3 Å². The summed E-state index contributed by atoms with van der Waals surface area (Å²) in [7, 11) is 0. The van der Waals surface area contributed by atoms with Gasteiger partial charge in [0, 0.05) is 6.42 Å². The van der Waals surface area contributed by atoms with Gasteiger partial charge in [-0.2, -0.15) is 0 Å². The first-order valence-electron chi connectivity index (χ1n) is 5.31. The third-order valence-corrected chi connectivity index (χ3v) is 2.44. The normalized spacial score (nSPS) is 15.9. The Morgan fingerprint density at radius 2 is 2.00 bits per heavy atom. The topological polar surface area (TPSA) is 17.1 Å². The van der Waals surface area contributed by atoms with Crippen molar-refractivity contribution in [1.29, 1.82) is 0 Å². The highest BCUT2D eigenvalue weighted by atomic mass is 16.1. The van der Waals surface area contributed by atoms with Crippen LogP contribution in [0.4, 0.5) is 0 Å². The highest BCUT2D eigenvalue weighted by Gasteiger charge is 1.97. The molecule has 0 aliphatic heterocycles. The number of rotatable bonds is 7. The fourth-order valence-electron chi connectivity index (χ4n) is 1.14. The molecule has 76 valence electrons. The fraction of sp³-hybridized carbons (Fsp3) is 0.750. The van der Waals surface area contributed by atoms with Gasteiger partial charge in [-0.05, 0) is 24.7 Å². The van der Waals surface area contributed by atoms with Gasteiger partial charge >= 0.3 is 0 Å². The maximum absolute atomic E-state index is 10.1. The molecule has 0 aromatic rings. The molecule has 1 heteroatoms. The van der Waals surface area contributed by atoms with E-state index in [0.29, 0.717) is 12.3 Å². The third-order valence-electron chi connectivity index (χ3n) is 2.44. The molecular formula is C12H22O. The first kappa shape index (κ1) is 12.4. The van der Waals surface area contributed by atoms with E-state index in [9.17, 15) is 4.79 Å². The van der Waals surface area contributed by atoms with Crippen LogP contribution in [-0.2, 0) is 4.79 Å². The number of allylic oxidation sites excluding steroid dienone is 2. The molecule has 0 spiro atoms. The average Bonchev–Trinajstić information content (AvgIpc) is 2.14. The van der Waals surface area contributed by atoms with Gasteiger partial charge in [-0.15, -0.1) is 0 Å². The molecule has 0 aliphatic carbocycles. The quantitative estimate of drug-likeness (QED) is 0.434. The summed E-state index contributed by atoms with van der Waals surface area (Å²) in [5, 5.41) is 0. The van der Waals surface area contributed by atoms with Crippen LogP contribution < -0.4 is 0 Å². The Morgan fingerprint density at radius 1 is 1.31 bits per heavy atom. The predicted molar refractivity (Wildman–Crippen MR) is 57.7 cm³/mol. The lowest BCUT2D eigenvalue weighted by Crippen LogP contribution is -1.92. The van der Waals surface area contributed by atoms with E-state index in [1.165, 1.54) is 12.8 Å².